The third-order valence-corrected chi connectivity index (χ3v) is 3.78. The van der Waals surface area contributed by atoms with Gasteiger partial charge in [-0.3, -0.25) is 14.3 Å². The maximum atomic E-state index is 11.9. The molecule has 112 valence electrons. The zero-order valence-corrected chi connectivity index (χ0v) is 12.5. The number of carbonyl (C=O) groups is 2. The molecule has 6 nitrogen and oxygen atoms in total. The third kappa shape index (κ3) is 4.08. The molecule has 1 atom stereocenters. The van der Waals surface area contributed by atoms with Gasteiger partial charge in [0.2, 0.25) is 5.91 Å². The molecule has 0 aromatic carbocycles. The quantitative estimate of drug-likeness (QED) is 0.787. The van der Waals surface area contributed by atoms with Crippen molar-refractivity contribution >= 4 is 11.9 Å². The Morgan fingerprint density at radius 3 is 2.60 bits per heavy atom. The van der Waals surface area contributed by atoms with E-state index >= 15 is 0 Å². The molecule has 6 heteroatoms. The summed E-state index contributed by atoms with van der Waals surface area (Å²) >= 11 is 0. The number of carboxylic acid groups (broad SMARTS) is 1. The molecule has 0 bridgehead atoms. The predicted molar refractivity (Wildman–Crippen MR) is 75.1 cm³/mol. The van der Waals surface area contributed by atoms with E-state index in [4.69, 9.17) is 0 Å². The topological polar surface area (TPSA) is 84.2 Å². The van der Waals surface area contributed by atoms with Crippen LogP contribution in [-0.4, -0.2) is 33.3 Å². The van der Waals surface area contributed by atoms with E-state index in [1.807, 2.05) is 27.1 Å². The number of nitrogens with one attached hydrogen (secondary N) is 1. The number of aromatic nitrogens is 2. The molecule has 1 rings (SSSR count). The molecule has 0 saturated heterocycles. The molecule has 0 spiro atoms. The first kappa shape index (κ1) is 16.2. The van der Waals surface area contributed by atoms with E-state index < -0.39 is 11.4 Å². The Hall–Kier alpha value is -1.85. The Balaban J connectivity index is 2.45. The molecule has 0 aliphatic carbocycles. The van der Waals surface area contributed by atoms with Crippen molar-refractivity contribution in [3.8, 4) is 0 Å². The van der Waals surface area contributed by atoms with Crippen LogP contribution in [0.25, 0.3) is 0 Å². The number of nitrogens with zero attached hydrogens (tertiary/aromatic N) is 2. The van der Waals surface area contributed by atoms with Gasteiger partial charge in [-0.05, 0) is 24.8 Å². The summed E-state index contributed by atoms with van der Waals surface area (Å²) in [4.78, 5) is 23.2. The second-order valence-electron chi connectivity index (χ2n) is 5.68. The summed E-state index contributed by atoms with van der Waals surface area (Å²) in [5.41, 5.74) is 0.0101. The molecule has 1 amide bonds. The number of aryl methyl sites for hydroxylation is 1. The van der Waals surface area contributed by atoms with Gasteiger partial charge in [0.25, 0.3) is 0 Å². The number of hydrogen-bond acceptors (Lipinski definition) is 3. The molecular formula is C14H23N3O3. The van der Waals surface area contributed by atoms with Gasteiger partial charge < -0.3 is 10.4 Å². The van der Waals surface area contributed by atoms with Crippen LogP contribution in [0.2, 0.25) is 0 Å². The van der Waals surface area contributed by atoms with Crippen molar-refractivity contribution in [2.75, 3.05) is 6.54 Å². The van der Waals surface area contributed by atoms with Crippen LogP contribution in [0.4, 0.5) is 0 Å². The normalized spacial score (nSPS) is 14.1. The van der Waals surface area contributed by atoms with E-state index in [1.165, 1.54) is 0 Å². The predicted octanol–water partition coefficient (Wildman–Crippen LogP) is 1.22. The monoisotopic (exact) mass is 281 g/mol. The van der Waals surface area contributed by atoms with Crippen LogP contribution >= 0.6 is 0 Å². The summed E-state index contributed by atoms with van der Waals surface area (Å²) in [5.74, 6) is -1.27. The van der Waals surface area contributed by atoms with Crippen LogP contribution < -0.4 is 5.32 Å². The standard InChI is InChI=1S/C14H23N3O3/c1-10(2)14(3,13(19)20)7-12(18)15-6-5-11-8-16-17(4)9-11/h8-10H,5-7H2,1-4H3,(H,15,18)(H,19,20). The molecule has 0 fully saturated rings. The lowest BCUT2D eigenvalue weighted by Crippen LogP contribution is -2.39. The number of carbonyl (C=O) groups excluding carboxylic acids is 1. The van der Waals surface area contributed by atoms with E-state index in [0.29, 0.717) is 13.0 Å². The average molecular weight is 281 g/mol. The van der Waals surface area contributed by atoms with Crippen molar-refractivity contribution in [1.82, 2.24) is 15.1 Å². The van der Waals surface area contributed by atoms with E-state index in [2.05, 4.69) is 10.4 Å². The molecule has 1 aromatic rings. The van der Waals surface area contributed by atoms with Crippen molar-refractivity contribution in [3.05, 3.63) is 18.0 Å². The maximum absolute atomic E-state index is 11.9. The summed E-state index contributed by atoms with van der Waals surface area (Å²) in [7, 11) is 1.84. The molecule has 1 unspecified atom stereocenters. The largest absolute Gasteiger partial charge is 0.481 e. The lowest BCUT2D eigenvalue weighted by atomic mass is 9.76. The highest BCUT2D eigenvalue weighted by Crippen LogP contribution is 2.31. The maximum Gasteiger partial charge on any atom is 0.310 e. The van der Waals surface area contributed by atoms with Crippen molar-refractivity contribution in [3.63, 3.8) is 0 Å². The Morgan fingerprint density at radius 1 is 1.50 bits per heavy atom. The number of hydrogen-bond donors (Lipinski definition) is 2. The molecule has 0 aliphatic rings. The second kappa shape index (κ2) is 6.54. The van der Waals surface area contributed by atoms with Crippen molar-refractivity contribution in [2.24, 2.45) is 18.4 Å². The molecule has 1 heterocycles. The van der Waals surface area contributed by atoms with Crippen LogP contribution in [0, 0.1) is 11.3 Å². The van der Waals surface area contributed by atoms with Gasteiger partial charge in [-0.15, -0.1) is 0 Å². The Morgan fingerprint density at radius 2 is 2.15 bits per heavy atom. The highest BCUT2D eigenvalue weighted by atomic mass is 16.4. The van der Waals surface area contributed by atoms with Crippen LogP contribution in [0.3, 0.4) is 0 Å². The Kier molecular flexibility index (Phi) is 5.30. The number of amides is 1. The summed E-state index contributed by atoms with van der Waals surface area (Å²) in [6, 6.07) is 0. The minimum Gasteiger partial charge on any atom is -0.481 e. The van der Waals surface area contributed by atoms with E-state index in [9.17, 15) is 14.7 Å². The number of aliphatic carboxylic acids is 1. The number of carboxylic acids is 1. The van der Waals surface area contributed by atoms with Crippen LogP contribution in [0.15, 0.2) is 12.4 Å². The van der Waals surface area contributed by atoms with E-state index in [0.717, 1.165) is 5.56 Å². The highest BCUT2D eigenvalue weighted by Gasteiger charge is 2.38. The van der Waals surface area contributed by atoms with Gasteiger partial charge in [-0.25, -0.2) is 0 Å². The Labute approximate surface area is 119 Å². The first-order valence-electron chi connectivity index (χ1n) is 6.73. The molecule has 20 heavy (non-hydrogen) atoms. The van der Waals surface area contributed by atoms with Crippen LogP contribution in [-0.2, 0) is 23.1 Å². The fraction of sp³-hybridized carbons (Fsp3) is 0.643. The molecule has 0 saturated carbocycles. The molecule has 0 radical (unpaired) electrons. The summed E-state index contributed by atoms with van der Waals surface area (Å²) in [6.07, 6.45) is 4.32. The van der Waals surface area contributed by atoms with Crippen LogP contribution in [0.1, 0.15) is 32.8 Å². The fourth-order valence-corrected chi connectivity index (χ4v) is 1.87. The van der Waals surface area contributed by atoms with Gasteiger partial charge in [-0.1, -0.05) is 13.8 Å². The first-order chi connectivity index (χ1) is 9.25. The lowest BCUT2D eigenvalue weighted by molar-refractivity contribution is -0.153. The Bertz CT molecular complexity index is 482. The van der Waals surface area contributed by atoms with Gasteiger partial charge in [0.1, 0.15) is 0 Å². The van der Waals surface area contributed by atoms with Gasteiger partial charge in [0.15, 0.2) is 0 Å². The minimum absolute atomic E-state index is 0.00691. The van der Waals surface area contributed by atoms with E-state index in [-0.39, 0.29) is 18.2 Å². The fourth-order valence-electron chi connectivity index (χ4n) is 1.87. The summed E-state index contributed by atoms with van der Waals surface area (Å²) in [6.45, 7) is 5.73. The van der Waals surface area contributed by atoms with Crippen molar-refractivity contribution in [1.29, 1.82) is 0 Å². The molecule has 1 aromatic heterocycles. The first-order valence-corrected chi connectivity index (χ1v) is 6.73. The number of rotatable bonds is 7. The third-order valence-electron chi connectivity index (χ3n) is 3.78. The van der Waals surface area contributed by atoms with Crippen molar-refractivity contribution in [2.45, 2.75) is 33.6 Å². The highest BCUT2D eigenvalue weighted by molar-refractivity contribution is 5.84. The van der Waals surface area contributed by atoms with Crippen molar-refractivity contribution < 1.29 is 14.7 Å². The SMILES string of the molecule is CC(C)C(C)(CC(=O)NCCc1cnn(C)c1)C(=O)O. The van der Waals surface area contributed by atoms with Crippen LogP contribution in [0.5, 0.6) is 0 Å². The minimum atomic E-state index is -1.03. The van der Waals surface area contributed by atoms with E-state index in [1.54, 1.807) is 17.8 Å². The van der Waals surface area contributed by atoms with Gasteiger partial charge in [-0.2, -0.15) is 5.10 Å². The summed E-state index contributed by atoms with van der Waals surface area (Å²) in [5, 5.41) is 16.1. The average Bonchev–Trinajstić information content (AvgIpc) is 2.74. The lowest BCUT2D eigenvalue weighted by Gasteiger charge is -2.28. The van der Waals surface area contributed by atoms with Gasteiger partial charge in [0, 0.05) is 26.2 Å². The zero-order chi connectivity index (χ0) is 15.3. The van der Waals surface area contributed by atoms with Gasteiger partial charge in [0.05, 0.1) is 11.6 Å². The second-order valence-corrected chi connectivity index (χ2v) is 5.68. The molecular weight excluding hydrogens is 258 g/mol. The molecule has 2 N–H and O–H groups in total. The summed E-state index contributed by atoms with van der Waals surface area (Å²) < 4.78 is 1.71. The molecule has 0 aliphatic heterocycles. The smallest absolute Gasteiger partial charge is 0.310 e. The zero-order valence-electron chi connectivity index (χ0n) is 12.5. The van der Waals surface area contributed by atoms with Gasteiger partial charge >= 0.3 is 5.97 Å².